The lowest BCUT2D eigenvalue weighted by Gasteiger charge is -2.49. The van der Waals surface area contributed by atoms with Crippen LogP contribution in [0, 0.1) is 5.92 Å². The van der Waals surface area contributed by atoms with Gasteiger partial charge in [0, 0.05) is 0 Å². The van der Waals surface area contributed by atoms with Crippen LogP contribution in [-0.2, 0) is 4.79 Å². The normalized spacial score (nSPS) is 22.5. The van der Waals surface area contributed by atoms with Gasteiger partial charge in [-0.15, -0.1) is 6.58 Å². The molecule has 1 aliphatic rings. The van der Waals surface area contributed by atoms with Crippen LogP contribution in [-0.4, -0.2) is 10.8 Å². The standard InChI is InChI=1S/C19H19NO/c1-3-17-18(16-12-8-5-9-13-16)20(19(17)21)14(2)15-10-6-4-7-11-15/h3-14,17-18H,1H2,2H3/t14?,17-,18-/m1/s1. The zero-order valence-electron chi connectivity index (χ0n) is 12.1. The Kier molecular flexibility index (Phi) is 3.61. The molecule has 1 unspecified atom stereocenters. The van der Waals surface area contributed by atoms with Gasteiger partial charge in [0.15, 0.2) is 0 Å². The van der Waals surface area contributed by atoms with Crippen LogP contribution in [0.5, 0.6) is 0 Å². The fourth-order valence-corrected chi connectivity index (χ4v) is 3.11. The monoisotopic (exact) mass is 277 g/mol. The van der Waals surface area contributed by atoms with E-state index in [0.717, 1.165) is 5.56 Å². The number of nitrogens with zero attached hydrogens (tertiary/aromatic N) is 1. The van der Waals surface area contributed by atoms with E-state index in [1.165, 1.54) is 5.56 Å². The highest BCUT2D eigenvalue weighted by Crippen LogP contribution is 2.45. The first-order chi connectivity index (χ1) is 10.2. The van der Waals surface area contributed by atoms with Crippen LogP contribution >= 0.6 is 0 Å². The Morgan fingerprint density at radius 1 is 1.05 bits per heavy atom. The van der Waals surface area contributed by atoms with Gasteiger partial charge in [0.25, 0.3) is 0 Å². The summed E-state index contributed by atoms with van der Waals surface area (Å²) in [5, 5.41) is 0. The van der Waals surface area contributed by atoms with Crippen molar-refractivity contribution in [1.29, 1.82) is 0 Å². The number of hydrogen-bond donors (Lipinski definition) is 0. The van der Waals surface area contributed by atoms with E-state index >= 15 is 0 Å². The summed E-state index contributed by atoms with van der Waals surface area (Å²) in [7, 11) is 0. The second-order valence-corrected chi connectivity index (χ2v) is 5.45. The smallest absolute Gasteiger partial charge is 0.232 e. The van der Waals surface area contributed by atoms with Crippen molar-refractivity contribution >= 4 is 5.91 Å². The molecule has 1 amide bonds. The van der Waals surface area contributed by atoms with Gasteiger partial charge in [0.2, 0.25) is 5.91 Å². The molecule has 2 aromatic carbocycles. The summed E-state index contributed by atoms with van der Waals surface area (Å²) in [6, 6.07) is 20.5. The van der Waals surface area contributed by atoms with Crippen LogP contribution in [0.15, 0.2) is 73.3 Å². The lowest BCUT2D eigenvalue weighted by molar-refractivity contribution is -0.157. The molecule has 2 heteroatoms. The number of carbonyl (C=O) groups excluding carboxylic acids is 1. The molecule has 0 spiro atoms. The molecule has 3 atom stereocenters. The maximum atomic E-state index is 12.4. The number of amides is 1. The zero-order valence-corrected chi connectivity index (χ0v) is 12.1. The summed E-state index contributed by atoms with van der Waals surface area (Å²) in [5.74, 6) is 0.0498. The molecule has 2 nitrogen and oxygen atoms in total. The number of hydrogen-bond acceptors (Lipinski definition) is 1. The van der Waals surface area contributed by atoms with Crippen molar-refractivity contribution < 1.29 is 4.79 Å². The summed E-state index contributed by atoms with van der Waals surface area (Å²) in [6.45, 7) is 5.91. The molecule has 1 fully saturated rings. The van der Waals surface area contributed by atoms with Crippen molar-refractivity contribution in [1.82, 2.24) is 4.90 Å². The summed E-state index contributed by atoms with van der Waals surface area (Å²) in [4.78, 5) is 14.4. The van der Waals surface area contributed by atoms with E-state index in [9.17, 15) is 4.79 Å². The maximum Gasteiger partial charge on any atom is 0.232 e. The Labute approximate surface area is 125 Å². The number of likely N-dealkylation sites (tertiary alicyclic amines) is 1. The highest BCUT2D eigenvalue weighted by atomic mass is 16.2. The van der Waals surface area contributed by atoms with Gasteiger partial charge in [-0.1, -0.05) is 66.7 Å². The van der Waals surface area contributed by atoms with Crippen LogP contribution in [0.1, 0.15) is 30.1 Å². The molecule has 0 saturated carbocycles. The summed E-state index contributed by atoms with van der Waals surface area (Å²) in [5.41, 5.74) is 2.33. The molecule has 0 bridgehead atoms. The largest absolute Gasteiger partial charge is 0.327 e. The number of β-lactam (4-membered cyclic amide) rings is 1. The number of carbonyl (C=O) groups is 1. The Bertz CT molecular complexity index is 635. The quantitative estimate of drug-likeness (QED) is 0.607. The summed E-state index contributed by atoms with van der Waals surface area (Å²) < 4.78 is 0. The molecular formula is C19H19NO. The van der Waals surface area contributed by atoms with E-state index in [1.807, 2.05) is 41.3 Å². The second-order valence-electron chi connectivity index (χ2n) is 5.45. The first-order valence-corrected chi connectivity index (χ1v) is 7.28. The van der Waals surface area contributed by atoms with E-state index in [0.29, 0.717) is 0 Å². The third kappa shape index (κ3) is 2.27. The lowest BCUT2D eigenvalue weighted by atomic mass is 9.80. The van der Waals surface area contributed by atoms with Gasteiger partial charge in [-0.2, -0.15) is 0 Å². The Morgan fingerprint density at radius 3 is 2.19 bits per heavy atom. The van der Waals surface area contributed by atoms with Crippen LogP contribution in [0.2, 0.25) is 0 Å². The van der Waals surface area contributed by atoms with Crippen molar-refractivity contribution in [2.75, 3.05) is 0 Å². The summed E-state index contributed by atoms with van der Waals surface area (Å²) >= 11 is 0. The first kappa shape index (κ1) is 13.6. The molecule has 0 radical (unpaired) electrons. The Morgan fingerprint density at radius 2 is 1.62 bits per heavy atom. The first-order valence-electron chi connectivity index (χ1n) is 7.28. The Balaban J connectivity index is 1.93. The SMILES string of the molecule is C=C[C@H]1C(=O)N(C(C)c2ccccc2)[C@@H]1c1ccccc1. The van der Waals surface area contributed by atoms with Crippen molar-refractivity contribution in [2.24, 2.45) is 5.92 Å². The van der Waals surface area contributed by atoms with Crippen molar-refractivity contribution in [3.8, 4) is 0 Å². The van der Waals surface area contributed by atoms with Crippen LogP contribution < -0.4 is 0 Å². The molecule has 106 valence electrons. The minimum absolute atomic E-state index is 0.0695. The minimum Gasteiger partial charge on any atom is -0.327 e. The van der Waals surface area contributed by atoms with E-state index in [2.05, 4.69) is 37.8 Å². The van der Waals surface area contributed by atoms with E-state index in [1.54, 1.807) is 6.08 Å². The predicted octanol–water partition coefficient (Wildman–Crippen LogP) is 4.13. The van der Waals surface area contributed by atoms with Gasteiger partial charge in [-0.3, -0.25) is 4.79 Å². The van der Waals surface area contributed by atoms with Gasteiger partial charge in [-0.05, 0) is 18.1 Å². The van der Waals surface area contributed by atoms with Crippen LogP contribution in [0.3, 0.4) is 0 Å². The minimum atomic E-state index is -0.112. The predicted molar refractivity (Wildman–Crippen MR) is 84.6 cm³/mol. The van der Waals surface area contributed by atoms with Gasteiger partial charge >= 0.3 is 0 Å². The Hall–Kier alpha value is -2.35. The van der Waals surface area contributed by atoms with Crippen molar-refractivity contribution in [3.63, 3.8) is 0 Å². The number of rotatable bonds is 4. The average molecular weight is 277 g/mol. The van der Waals surface area contributed by atoms with Crippen LogP contribution in [0.4, 0.5) is 0 Å². The number of benzene rings is 2. The van der Waals surface area contributed by atoms with Gasteiger partial charge < -0.3 is 4.90 Å². The topological polar surface area (TPSA) is 20.3 Å². The van der Waals surface area contributed by atoms with Crippen molar-refractivity contribution in [2.45, 2.75) is 19.0 Å². The molecule has 1 aliphatic heterocycles. The molecule has 3 rings (SSSR count). The van der Waals surface area contributed by atoms with Crippen LogP contribution in [0.25, 0.3) is 0 Å². The fourth-order valence-electron chi connectivity index (χ4n) is 3.11. The molecule has 0 N–H and O–H groups in total. The maximum absolute atomic E-state index is 12.4. The highest BCUT2D eigenvalue weighted by molar-refractivity contribution is 5.88. The second kappa shape index (κ2) is 5.57. The molecule has 1 saturated heterocycles. The van der Waals surface area contributed by atoms with E-state index in [4.69, 9.17) is 0 Å². The van der Waals surface area contributed by atoms with Crippen molar-refractivity contribution in [3.05, 3.63) is 84.4 Å². The zero-order chi connectivity index (χ0) is 14.8. The van der Waals surface area contributed by atoms with Gasteiger partial charge in [0.05, 0.1) is 18.0 Å². The highest BCUT2D eigenvalue weighted by Gasteiger charge is 2.48. The molecule has 2 aromatic rings. The lowest BCUT2D eigenvalue weighted by Crippen LogP contribution is -2.54. The molecular weight excluding hydrogens is 258 g/mol. The van der Waals surface area contributed by atoms with E-state index in [-0.39, 0.29) is 23.9 Å². The third-order valence-corrected chi connectivity index (χ3v) is 4.27. The van der Waals surface area contributed by atoms with E-state index < -0.39 is 0 Å². The molecule has 0 aromatic heterocycles. The molecule has 0 aliphatic carbocycles. The fraction of sp³-hybridized carbons (Fsp3) is 0.211. The summed E-state index contributed by atoms with van der Waals surface area (Å²) in [6.07, 6.45) is 1.77. The van der Waals surface area contributed by atoms with Gasteiger partial charge in [-0.25, -0.2) is 0 Å². The third-order valence-electron chi connectivity index (χ3n) is 4.27. The average Bonchev–Trinajstić information content (AvgIpc) is 2.54. The van der Waals surface area contributed by atoms with Gasteiger partial charge in [0.1, 0.15) is 0 Å². The molecule has 21 heavy (non-hydrogen) atoms. The molecule has 1 heterocycles.